The molecule has 0 atom stereocenters. The smallest absolute Gasteiger partial charge is 0.341 e. The molecule has 0 unspecified atom stereocenters. The van der Waals surface area contributed by atoms with E-state index in [1.165, 1.54) is 6.20 Å². The Bertz CT molecular complexity index is 584. The van der Waals surface area contributed by atoms with Crippen molar-refractivity contribution in [3.05, 3.63) is 40.0 Å². The van der Waals surface area contributed by atoms with Gasteiger partial charge in [0.05, 0.1) is 27.7 Å². The molecular weight excluding hydrogens is 261 g/mol. The second-order valence-electron chi connectivity index (χ2n) is 3.34. The molecule has 1 aromatic carbocycles. The lowest BCUT2D eigenvalue weighted by Gasteiger charge is -2.07. The van der Waals surface area contributed by atoms with E-state index in [0.29, 0.717) is 15.9 Å². The Morgan fingerprint density at radius 1 is 1.41 bits per heavy atom. The van der Waals surface area contributed by atoms with Gasteiger partial charge in [0.25, 0.3) is 0 Å². The molecule has 0 saturated carbocycles. The molecular formula is C12H9Cl2NO2. The van der Waals surface area contributed by atoms with Gasteiger partial charge in [0.2, 0.25) is 0 Å². The molecule has 0 spiro atoms. The van der Waals surface area contributed by atoms with Crippen molar-refractivity contribution >= 4 is 40.1 Å². The van der Waals surface area contributed by atoms with Gasteiger partial charge >= 0.3 is 5.97 Å². The van der Waals surface area contributed by atoms with Gasteiger partial charge in [-0.1, -0.05) is 29.3 Å². The third-order valence-electron chi connectivity index (χ3n) is 2.28. The third kappa shape index (κ3) is 2.21. The quantitative estimate of drug-likeness (QED) is 0.781. The number of benzene rings is 1. The number of fused-ring (bicyclic) bond motifs is 1. The molecule has 88 valence electrons. The topological polar surface area (TPSA) is 39.2 Å². The van der Waals surface area contributed by atoms with Crippen LogP contribution in [0.25, 0.3) is 10.9 Å². The Labute approximate surface area is 108 Å². The lowest BCUT2D eigenvalue weighted by molar-refractivity contribution is 0.0526. The zero-order valence-corrected chi connectivity index (χ0v) is 10.5. The lowest BCUT2D eigenvalue weighted by atomic mass is 10.1. The predicted molar refractivity (Wildman–Crippen MR) is 67.7 cm³/mol. The minimum atomic E-state index is -0.494. The maximum Gasteiger partial charge on any atom is 0.341 e. The molecule has 17 heavy (non-hydrogen) atoms. The SMILES string of the molecule is CCOC(=O)c1cnc2cccc(Cl)c2c1Cl. The third-order valence-corrected chi connectivity index (χ3v) is 2.98. The van der Waals surface area contributed by atoms with Gasteiger partial charge in [-0.15, -0.1) is 0 Å². The van der Waals surface area contributed by atoms with Crippen LogP contribution in [0, 0.1) is 0 Å². The second-order valence-corrected chi connectivity index (χ2v) is 4.13. The molecule has 0 fully saturated rings. The lowest BCUT2D eigenvalue weighted by Crippen LogP contribution is -2.06. The van der Waals surface area contributed by atoms with Crippen molar-refractivity contribution in [3.63, 3.8) is 0 Å². The van der Waals surface area contributed by atoms with Crippen LogP contribution in [0.1, 0.15) is 17.3 Å². The Kier molecular flexibility index (Phi) is 3.50. The molecule has 3 nitrogen and oxygen atoms in total. The molecule has 0 saturated heterocycles. The standard InChI is InChI=1S/C12H9Cl2NO2/c1-2-17-12(16)7-6-15-9-5-3-4-8(13)10(9)11(7)14/h3-6H,2H2,1H3. The molecule has 2 rings (SSSR count). The van der Waals surface area contributed by atoms with Gasteiger partial charge in [-0.3, -0.25) is 4.98 Å². The molecule has 0 aliphatic heterocycles. The summed E-state index contributed by atoms with van der Waals surface area (Å²) in [4.78, 5) is 15.8. The molecule has 0 aliphatic rings. The molecule has 0 aliphatic carbocycles. The molecule has 1 heterocycles. The number of ether oxygens (including phenoxy) is 1. The van der Waals surface area contributed by atoms with Crippen LogP contribution in [-0.4, -0.2) is 17.6 Å². The minimum absolute atomic E-state index is 0.231. The van der Waals surface area contributed by atoms with Crippen molar-refractivity contribution in [3.8, 4) is 0 Å². The fourth-order valence-electron chi connectivity index (χ4n) is 1.51. The highest BCUT2D eigenvalue weighted by Crippen LogP contribution is 2.31. The minimum Gasteiger partial charge on any atom is -0.462 e. The number of hydrogen-bond donors (Lipinski definition) is 0. The average Bonchev–Trinajstić information content (AvgIpc) is 2.29. The van der Waals surface area contributed by atoms with Crippen molar-refractivity contribution in [2.75, 3.05) is 6.61 Å². The first-order valence-corrected chi connectivity index (χ1v) is 5.80. The first kappa shape index (κ1) is 12.1. The highest BCUT2D eigenvalue weighted by molar-refractivity contribution is 6.43. The largest absolute Gasteiger partial charge is 0.462 e. The van der Waals surface area contributed by atoms with Gasteiger partial charge in [0.1, 0.15) is 0 Å². The molecule has 0 N–H and O–H groups in total. The first-order chi connectivity index (χ1) is 8.15. The summed E-state index contributed by atoms with van der Waals surface area (Å²) in [7, 11) is 0. The van der Waals surface area contributed by atoms with E-state index in [1.54, 1.807) is 25.1 Å². The Hall–Kier alpha value is -1.32. The molecule has 5 heteroatoms. The van der Waals surface area contributed by atoms with Gasteiger partial charge in [-0.25, -0.2) is 4.79 Å². The molecule has 0 bridgehead atoms. The van der Waals surface area contributed by atoms with Gasteiger partial charge < -0.3 is 4.74 Å². The summed E-state index contributed by atoms with van der Waals surface area (Å²) in [5, 5.41) is 1.31. The fraction of sp³-hybridized carbons (Fsp3) is 0.167. The average molecular weight is 270 g/mol. The monoisotopic (exact) mass is 269 g/mol. The van der Waals surface area contributed by atoms with E-state index in [1.807, 2.05) is 0 Å². The highest BCUT2D eigenvalue weighted by Gasteiger charge is 2.16. The summed E-state index contributed by atoms with van der Waals surface area (Å²) in [6, 6.07) is 5.26. The van der Waals surface area contributed by atoms with E-state index in [-0.39, 0.29) is 17.2 Å². The summed E-state index contributed by atoms with van der Waals surface area (Å²) in [5.74, 6) is -0.494. The molecule has 1 aromatic heterocycles. The summed E-state index contributed by atoms with van der Waals surface area (Å²) < 4.78 is 4.89. The number of carbonyl (C=O) groups is 1. The number of carbonyl (C=O) groups excluding carboxylic acids is 1. The molecule has 0 amide bonds. The fourth-order valence-corrected chi connectivity index (χ4v) is 2.15. The Morgan fingerprint density at radius 2 is 2.18 bits per heavy atom. The number of halogens is 2. The number of aromatic nitrogens is 1. The summed E-state index contributed by atoms with van der Waals surface area (Å²) in [6.07, 6.45) is 1.40. The Morgan fingerprint density at radius 3 is 2.88 bits per heavy atom. The van der Waals surface area contributed by atoms with E-state index in [0.717, 1.165) is 0 Å². The van der Waals surface area contributed by atoms with Crippen molar-refractivity contribution < 1.29 is 9.53 Å². The number of hydrogen-bond acceptors (Lipinski definition) is 3. The van der Waals surface area contributed by atoms with Crippen molar-refractivity contribution in [2.24, 2.45) is 0 Å². The number of esters is 1. The maximum absolute atomic E-state index is 11.6. The number of nitrogens with zero attached hydrogens (tertiary/aromatic N) is 1. The zero-order valence-electron chi connectivity index (χ0n) is 9.04. The van der Waals surface area contributed by atoms with Crippen molar-refractivity contribution in [1.82, 2.24) is 4.98 Å². The summed E-state index contributed by atoms with van der Waals surface area (Å²) >= 11 is 12.2. The number of pyridine rings is 1. The van der Waals surface area contributed by atoms with Crippen LogP contribution in [0.2, 0.25) is 10.0 Å². The molecule has 0 radical (unpaired) electrons. The van der Waals surface area contributed by atoms with Gasteiger partial charge in [-0.2, -0.15) is 0 Å². The van der Waals surface area contributed by atoms with Gasteiger partial charge in [-0.05, 0) is 19.1 Å². The first-order valence-electron chi connectivity index (χ1n) is 5.05. The van der Waals surface area contributed by atoms with E-state index in [4.69, 9.17) is 27.9 Å². The van der Waals surface area contributed by atoms with Crippen LogP contribution in [0.4, 0.5) is 0 Å². The summed E-state index contributed by atoms with van der Waals surface area (Å²) in [5.41, 5.74) is 0.879. The van der Waals surface area contributed by atoms with E-state index >= 15 is 0 Å². The van der Waals surface area contributed by atoms with Gasteiger partial charge in [0, 0.05) is 11.6 Å². The van der Waals surface area contributed by atoms with Crippen molar-refractivity contribution in [1.29, 1.82) is 0 Å². The van der Waals surface area contributed by atoms with Crippen LogP contribution < -0.4 is 0 Å². The highest BCUT2D eigenvalue weighted by atomic mass is 35.5. The zero-order chi connectivity index (χ0) is 12.4. The van der Waals surface area contributed by atoms with Crippen molar-refractivity contribution in [2.45, 2.75) is 6.92 Å². The van der Waals surface area contributed by atoms with Crippen LogP contribution in [-0.2, 0) is 4.74 Å². The van der Waals surface area contributed by atoms with Crippen LogP contribution >= 0.6 is 23.2 Å². The molecule has 2 aromatic rings. The normalized spacial score (nSPS) is 10.5. The van der Waals surface area contributed by atoms with Crippen LogP contribution in [0.3, 0.4) is 0 Å². The summed E-state index contributed by atoms with van der Waals surface area (Å²) in [6.45, 7) is 2.02. The van der Waals surface area contributed by atoms with Crippen LogP contribution in [0.15, 0.2) is 24.4 Å². The van der Waals surface area contributed by atoms with E-state index < -0.39 is 5.97 Å². The van der Waals surface area contributed by atoms with Gasteiger partial charge in [0.15, 0.2) is 0 Å². The van der Waals surface area contributed by atoms with Crippen LogP contribution in [0.5, 0.6) is 0 Å². The predicted octanol–water partition coefficient (Wildman–Crippen LogP) is 3.72. The maximum atomic E-state index is 11.6. The van der Waals surface area contributed by atoms with E-state index in [9.17, 15) is 4.79 Å². The number of rotatable bonds is 2. The second kappa shape index (κ2) is 4.90. The van der Waals surface area contributed by atoms with E-state index in [2.05, 4.69) is 4.98 Å². The Balaban J connectivity index is 2.65.